The summed E-state index contributed by atoms with van der Waals surface area (Å²) in [5, 5.41) is 9.82. The minimum absolute atomic E-state index is 0.000757. The molecule has 1 aliphatic carbocycles. The number of unbranched alkanes of at least 4 members (excludes halogenated alkanes) is 3. The highest BCUT2D eigenvalue weighted by atomic mass is 32.1. The van der Waals surface area contributed by atoms with Crippen molar-refractivity contribution in [1.29, 1.82) is 0 Å². The van der Waals surface area contributed by atoms with Gasteiger partial charge in [-0.15, -0.1) is 0 Å². The maximum atomic E-state index is 9.82. The largest absolute Gasteiger partial charge is 0.393 e. The molecular formula is C13H25NOS. The first-order valence-electron chi connectivity index (χ1n) is 6.82. The molecule has 3 heteroatoms. The van der Waals surface area contributed by atoms with E-state index in [4.69, 9.17) is 0 Å². The number of thiol groups is 1. The molecule has 16 heavy (non-hydrogen) atoms. The molecule has 2 fully saturated rings. The molecule has 94 valence electrons. The highest BCUT2D eigenvalue weighted by Gasteiger charge is 2.41. The van der Waals surface area contributed by atoms with Gasteiger partial charge in [0.1, 0.15) is 0 Å². The van der Waals surface area contributed by atoms with E-state index in [1.54, 1.807) is 0 Å². The van der Waals surface area contributed by atoms with Crippen LogP contribution in [0.4, 0.5) is 0 Å². The van der Waals surface area contributed by atoms with Crippen molar-refractivity contribution in [3.63, 3.8) is 0 Å². The summed E-state index contributed by atoms with van der Waals surface area (Å²) >= 11 is 4.23. The Balaban J connectivity index is 1.59. The Kier molecular flexibility index (Phi) is 4.98. The molecule has 0 aromatic heterocycles. The molecule has 3 unspecified atom stereocenters. The van der Waals surface area contributed by atoms with Crippen LogP contribution >= 0.6 is 12.6 Å². The fourth-order valence-electron chi connectivity index (χ4n) is 3.31. The van der Waals surface area contributed by atoms with Crippen LogP contribution in [0.5, 0.6) is 0 Å². The SMILES string of the molecule is OC1CCC2CN(CCCCCCS)CC12. The van der Waals surface area contributed by atoms with Crippen molar-refractivity contribution >= 4 is 12.6 Å². The lowest BCUT2D eigenvalue weighted by Crippen LogP contribution is -2.25. The highest BCUT2D eigenvalue weighted by molar-refractivity contribution is 7.80. The molecule has 0 bridgehead atoms. The fraction of sp³-hybridized carbons (Fsp3) is 1.00. The highest BCUT2D eigenvalue weighted by Crippen LogP contribution is 2.37. The van der Waals surface area contributed by atoms with Crippen LogP contribution in [0.15, 0.2) is 0 Å². The summed E-state index contributed by atoms with van der Waals surface area (Å²) in [5.74, 6) is 2.42. The summed E-state index contributed by atoms with van der Waals surface area (Å²) in [6.07, 6.45) is 7.55. The van der Waals surface area contributed by atoms with Crippen molar-refractivity contribution in [2.24, 2.45) is 11.8 Å². The molecule has 1 aliphatic heterocycles. The van der Waals surface area contributed by atoms with Crippen molar-refractivity contribution in [2.75, 3.05) is 25.4 Å². The first kappa shape index (κ1) is 12.7. The Morgan fingerprint density at radius 1 is 1.06 bits per heavy atom. The van der Waals surface area contributed by atoms with E-state index in [0.717, 1.165) is 24.6 Å². The summed E-state index contributed by atoms with van der Waals surface area (Å²) in [7, 11) is 0. The third-order valence-electron chi connectivity index (χ3n) is 4.28. The van der Waals surface area contributed by atoms with Gasteiger partial charge in [-0.2, -0.15) is 12.6 Å². The molecule has 2 nitrogen and oxygen atoms in total. The van der Waals surface area contributed by atoms with Gasteiger partial charge in [0.05, 0.1) is 6.10 Å². The van der Waals surface area contributed by atoms with Crippen LogP contribution in [0.1, 0.15) is 38.5 Å². The number of nitrogens with zero attached hydrogens (tertiary/aromatic N) is 1. The molecule has 1 saturated carbocycles. The van der Waals surface area contributed by atoms with E-state index in [1.165, 1.54) is 45.2 Å². The Labute approximate surface area is 105 Å². The molecule has 0 amide bonds. The van der Waals surface area contributed by atoms with Gasteiger partial charge in [-0.05, 0) is 43.9 Å². The maximum Gasteiger partial charge on any atom is 0.0583 e. The van der Waals surface area contributed by atoms with Crippen molar-refractivity contribution < 1.29 is 5.11 Å². The van der Waals surface area contributed by atoms with E-state index in [9.17, 15) is 5.11 Å². The van der Waals surface area contributed by atoms with Gasteiger partial charge in [0.2, 0.25) is 0 Å². The Morgan fingerprint density at radius 2 is 1.88 bits per heavy atom. The lowest BCUT2D eigenvalue weighted by Gasteiger charge is -2.17. The summed E-state index contributed by atoms with van der Waals surface area (Å²) in [5.41, 5.74) is 0. The van der Waals surface area contributed by atoms with Crippen LogP contribution < -0.4 is 0 Å². The number of aliphatic hydroxyl groups is 1. The van der Waals surface area contributed by atoms with E-state index >= 15 is 0 Å². The summed E-state index contributed by atoms with van der Waals surface area (Å²) in [6.45, 7) is 3.64. The van der Waals surface area contributed by atoms with Crippen molar-refractivity contribution in [3.8, 4) is 0 Å². The topological polar surface area (TPSA) is 23.5 Å². The first-order chi connectivity index (χ1) is 7.81. The molecule has 0 aromatic rings. The second-order valence-electron chi connectivity index (χ2n) is 5.47. The molecule has 0 spiro atoms. The van der Waals surface area contributed by atoms with Gasteiger partial charge in [0.15, 0.2) is 0 Å². The van der Waals surface area contributed by atoms with Crippen molar-refractivity contribution in [3.05, 3.63) is 0 Å². The van der Waals surface area contributed by atoms with Gasteiger partial charge in [-0.3, -0.25) is 0 Å². The Hall–Kier alpha value is 0.270. The number of hydrogen-bond donors (Lipinski definition) is 2. The average Bonchev–Trinajstić information content (AvgIpc) is 2.81. The smallest absolute Gasteiger partial charge is 0.0583 e. The zero-order valence-corrected chi connectivity index (χ0v) is 11.0. The van der Waals surface area contributed by atoms with Crippen LogP contribution in [0.25, 0.3) is 0 Å². The van der Waals surface area contributed by atoms with Gasteiger partial charge in [0, 0.05) is 19.0 Å². The van der Waals surface area contributed by atoms with Gasteiger partial charge in [0.25, 0.3) is 0 Å². The zero-order chi connectivity index (χ0) is 11.4. The first-order valence-corrected chi connectivity index (χ1v) is 7.46. The lowest BCUT2D eigenvalue weighted by molar-refractivity contribution is 0.124. The third kappa shape index (κ3) is 3.14. The van der Waals surface area contributed by atoms with Crippen molar-refractivity contribution in [2.45, 2.75) is 44.6 Å². The summed E-state index contributed by atoms with van der Waals surface area (Å²) in [6, 6.07) is 0. The Bertz CT molecular complexity index is 212. The van der Waals surface area contributed by atoms with E-state index in [-0.39, 0.29) is 6.10 Å². The number of hydrogen-bond acceptors (Lipinski definition) is 3. The predicted octanol–water partition coefficient (Wildman–Crippen LogP) is 2.18. The number of aliphatic hydroxyl groups excluding tert-OH is 1. The maximum absolute atomic E-state index is 9.82. The Morgan fingerprint density at radius 3 is 2.62 bits per heavy atom. The minimum atomic E-state index is -0.000757. The quantitative estimate of drug-likeness (QED) is 0.552. The average molecular weight is 243 g/mol. The predicted molar refractivity (Wildman–Crippen MR) is 71.0 cm³/mol. The van der Waals surface area contributed by atoms with E-state index < -0.39 is 0 Å². The number of fused-ring (bicyclic) bond motifs is 1. The van der Waals surface area contributed by atoms with Gasteiger partial charge in [-0.1, -0.05) is 12.8 Å². The lowest BCUT2D eigenvalue weighted by atomic mass is 10.00. The van der Waals surface area contributed by atoms with Crippen LogP contribution in [0, 0.1) is 11.8 Å². The zero-order valence-electron chi connectivity index (χ0n) is 10.1. The summed E-state index contributed by atoms with van der Waals surface area (Å²) in [4.78, 5) is 2.57. The second-order valence-corrected chi connectivity index (χ2v) is 5.91. The molecule has 0 radical (unpaired) electrons. The van der Waals surface area contributed by atoms with Crippen LogP contribution in [-0.4, -0.2) is 41.5 Å². The van der Waals surface area contributed by atoms with Crippen LogP contribution in [0.2, 0.25) is 0 Å². The molecular weight excluding hydrogens is 218 g/mol. The number of rotatable bonds is 6. The molecule has 0 aromatic carbocycles. The molecule has 2 aliphatic rings. The van der Waals surface area contributed by atoms with E-state index in [2.05, 4.69) is 17.5 Å². The summed E-state index contributed by atoms with van der Waals surface area (Å²) < 4.78 is 0. The molecule has 1 saturated heterocycles. The van der Waals surface area contributed by atoms with Gasteiger partial charge in [-0.25, -0.2) is 0 Å². The van der Waals surface area contributed by atoms with E-state index in [0.29, 0.717) is 5.92 Å². The van der Waals surface area contributed by atoms with Crippen LogP contribution in [-0.2, 0) is 0 Å². The molecule has 1 N–H and O–H groups in total. The van der Waals surface area contributed by atoms with Crippen molar-refractivity contribution in [1.82, 2.24) is 4.90 Å². The van der Waals surface area contributed by atoms with Gasteiger partial charge >= 0.3 is 0 Å². The standard InChI is InChI=1S/C13H25NOS/c15-13-6-5-11-9-14(10-12(11)13)7-3-1-2-4-8-16/h11-13,15-16H,1-10H2. The minimum Gasteiger partial charge on any atom is -0.393 e. The van der Waals surface area contributed by atoms with Crippen LogP contribution in [0.3, 0.4) is 0 Å². The molecule has 3 atom stereocenters. The molecule has 1 heterocycles. The molecule has 2 rings (SSSR count). The van der Waals surface area contributed by atoms with Gasteiger partial charge < -0.3 is 10.0 Å². The number of likely N-dealkylation sites (tertiary alicyclic amines) is 1. The normalized spacial score (nSPS) is 34.5. The fourth-order valence-corrected chi connectivity index (χ4v) is 3.54. The second kappa shape index (κ2) is 6.27. The van der Waals surface area contributed by atoms with E-state index in [1.807, 2.05) is 0 Å². The third-order valence-corrected chi connectivity index (χ3v) is 4.59. The monoisotopic (exact) mass is 243 g/mol.